The van der Waals surface area contributed by atoms with Gasteiger partial charge in [0.05, 0.1) is 6.21 Å². The van der Waals surface area contributed by atoms with Crippen LogP contribution in [0, 0.1) is 5.82 Å². The van der Waals surface area contributed by atoms with Gasteiger partial charge in [0.25, 0.3) is 5.91 Å². The van der Waals surface area contributed by atoms with Crippen LogP contribution < -0.4 is 5.43 Å². The Labute approximate surface area is 123 Å². The monoisotopic (exact) mass is 284 g/mol. The van der Waals surface area contributed by atoms with Crippen LogP contribution in [0.15, 0.2) is 53.6 Å². The second-order valence-corrected chi connectivity index (χ2v) is 5.03. The number of carbonyl (C=O) groups excluding carboxylic acids is 1. The van der Waals surface area contributed by atoms with E-state index in [1.807, 2.05) is 12.1 Å². The Morgan fingerprint density at radius 3 is 2.52 bits per heavy atom. The fourth-order valence-electron chi connectivity index (χ4n) is 1.84. The quantitative estimate of drug-likeness (QED) is 0.675. The van der Waals surface area contributed by atoms with E-state index < -0.39 is 0 Å². The van der Waals surface area contributed by atoms with Gasteiger partial charge in [0.15, 0.2) is 0 Å². The van der Waals surface area contributed by atoms with Gasteiger partial charge in [-0.2, -0.15) is 5.10 Å². The van der Waals surface area contributed by atoms with Crippen LogP contribution in [-0.2, 0) is 0 Å². The highest BCUT2D eigenvalue weighted by molar-refractivity contribution is 5.94. The SMILES string of the molecule is CC(C)c1ccc(C(=O)N/N=C/c2cccc(F)c2)cc1. The summed E-state index contributed by atoms with van der Waals surface area (Å²) in [6.07, 6.45) is 1.41. The van der Waals surface area contributed by atoms with Gasteiger partial charge in [0.1, 0.15) is 5.82 Å². The van der Waals surface area contributed by atoms with Crippen LogP contribution in [0.1, 0.15) is 41.3 Å². The molecule has 2 aromatic rings. The smallest absolute Gasteiger partial charge is 0.267 e. The van der Waals surface area contributed by atoms with Gasteiger partial charge < -0.3 is 0 Å². The lowest BCUT2D eigenvalue weighted by atomic mass is 10.0. The zero-order valence-corrected chi connectivity index (χ0v) is 12.0. The average molecular weight is 284 g/mol. The first-order valence-electron chi connectivity index (χ1n) is 6.75. The molecule has 0 unspecified atom stereocenters. The summed E-state index contributed by atoms with van der Waals surface area (Å²) in [6, 6.07) is 13.4. The van der Waals surface area contributed by atoms with Crippen molar-refractivity contribution < 1.29 is 9.18 Å². The summed E-state index contributed by atoms with van der Waals surface area (Å²) in [5, 5.41) is 3.83. The molecule has 3 nitrogen and oxygen atoms in total. The van der Waals surface area contributed by atoms with Crippen LogP contribution in [0.4, 0.5) is 4.39 Å². The Bertz CT molecular complexity index is 648. The molecular weight excluding hydrogens is 267 g/mol. The molecule has 0 fully saturated rings. The lowest BCUT2D eigenvalue weighted by Crippen LogP contribution is -2.17. The van der Waals surface area contributed by atoms with E-state index in [2.05, 4.69) is 24.4 Å². The molecule has 1 N–H and O–H groups in total. The molecule has 0 spiro atoms. The molecule has 0 atom stereocenters. The van der Waals surface area contributed by atoms with E-state index in [-0.39, 0.29) is 11.7 Å². The maximum absolute atomic E-state index is 13.0. The standard InChI is InChI=1S/C17H17FN2O/c1-12(2)14-6-8-15(9-7-14)17(21)20-19-11-13-4-3-5-16(18)10-13/h3-12H,1-2H3,(H,20,21)/b19-11+. The van der Waals surface area contributed by atoms with Gasteiger partial charge in [-0.1, -0.05) is 38.1 Å². The van der Waals surface area contributed by atoms with Crippen molar-refractivity contribution in [1.82, 2.24) is 5.43 Å². The van der Waals surface area contributed by atoms with Crippen molar-refractivity contribution in [3.05, 3.63) is 71.0 Å². The van der Waals surface area contributed by atoms with E-state index in [1.165, 1.54) is 23.9 Å². The number of hydrogen-bond acceptors (Lipinski definition) is 2. The van der Waals surface area contributed by atoms with Crippen LogP contribution in [0.5, 0.6) is 0 Å². The molecule has 0 radical (unpaired) electrons. The Balaban J connectivity index is 1.98. The first kappa shape index (κ1) is 14.9. The molecular formula is C17H17FN2O. The first-order chi connectivity index (χ1) is 10.1. The van der Waals surface area contributed by atoms with Gasteiger partial charge in [-0.25, -0.2) is 9.82 Å². The minimum absolute atomic E-state index is 0.294. The fourth-order valence-corrected chi connectivity index (χ4v) is 1.84. The first-order valence-corrected chi connectivity index (χ1v) is 6.75. The summed E-state index contributed by atoms with van der Waals surface area (Å²) in [4.78, 5) is 11.9. The number of nitrogens with one attached hydrogen (secondary N) is 1. The van der Waals surface area contributed by atoms with E-state index in [1.54, 1.807) is 24.3 Å². The third-order valence-corrected chi connectivity index (χ3v) is 3.07. The summed E-state index contributed by atoms with van der Waals surface area (Å²) in [5.41, 5.74) is 4.73. The molecule has 0 aliphatic heterocycles. The Hall–Kier alpha value is -2.49. The predicted molar refractivity (Wildman–Crippen MR) is 82.0 cm³/mol. The van der Waals surface area contributed by atoms with Crippen LogP contribution in [0.2, 0.25) is 0 Å². The minimum Gasteiger partial charge on any atom is -0.267 e. The molecule has 0 aromatic heterocycles. The van der Waals surface area contributed by atoms with E-state index >= 15 is 0 Å². The number of carbonyl (C=O) groups is 1. The second kappa shape index (κ2) is 6.79. The third-order valence-electron chi connectivity index (χ3n) is 3.07. The van der Waals surface area contributed by atoms with Crippen molar-refractivity contribution in [3.63, 3.8) is 0 Å². The molecule has 0 bridgehead atoms. The number of halogens is 1. The average Bonchev–Trinajstić information content (AvgIpc) is 2.47. The summed E-state index contributed by atoms with van der Waals surface area (Å²) in [7, 11) is 0. The van der Waals surface area contributed by atoms with Crippen molar-refractivity contribution in [3.8, 4) is 0 Å². The highest BCUT2D eigenvalue weighted by Gasteiger charge is 2.05. The topological polar surface area (TPSA) is 41.5 Å². The van der Waals surface area contributed by atoms with Crippen molar-refractivity contribution in [2.45, 2.75) is 19.8 Å². The van der Waals surface area contributed by atoms with Crippen molar-refractivity contribution in [2.75, 3.05) is 0 Å². The molecule has 108 valence electrons. The van der Waals surface area contributed by atoms with Crippen molar-refractivity contribution >= 4 is 12.1 Å². The van der Waals surface area contributed by atoms with E-state index in [9.17, 15) is 9.18 Å². The summed E-state index contributed by atoms with van der Waals surface area (Å²) in [5.74, 6) is -0.208. The van der Waals surface area contributed by atoms with Gasteiger partial charge in [-0.3, -0.25) is 4.79 Å². The molecule has 2 aromatic carbocycles. The molecule has 0 saturated heterocycles. The molecule has 4 heteroatoms. The maximum Gasteiger partial charge on any atom is 0.271 e. The fraction of sp³-hybridized carbons (Fsp3) is 0.176. The van der Waals surface area contributed by atoms with Crippen molar-refractivity contribution in [1.29, 1.82) is 0 Å². The van der Waals surface area contributed by atoms with Crippen LogP contribution in [0.3, 0.4) is 0 Å². The predicted octanol–water partition coefficient (Wildman–Crippen LogP) is 3.71. The van der Waals surface area contributed by atoms with Gasteiger partial charge in [-0.15, -0.1) is 0 Å². The highest BCUT2D eigenvalue weighted by atomic mass is 19.1. The van der Waals surface area contributed by atoms with Gasteiger partial charge in [0, 0.05) is 5.56 Å². The number of hydrogen-bond donors (Lipinski definition) is 1. The second-order valence-electron chi connectivity index (χ2n) is 5.03. The highest BCUT2D eigenvalue weighted by Crippen LogP contribution is 2.14. The zero-order chi connectivity index (χ0) is 15.2. The number of amides is 1. The largest absolute Gasteiger partial charge is 0.271 e. The van der Waals surface area contributed by atoms with Crippen LogP contribution in [0.25, 0.3) is 0 Å². The van der Waals surface area contributed by atoms with Crippen LogP contribution >= 0.6 is 0 Å². The lowest BCUT2D eigenvalue weighted by Gasteiger charge is -2.05. The normalized spacial score (nSPS) is 11.0. The Kier molecular flexibility index (Phi) is 4.82. The zero-order valence-electron chi connectivity index (χ0n) is 12.0. The number of rotatable bonds is 4. The minimum atomic E-state index is -0.338. The van der Waals surface area contributed by atoms with E-state index in [0.29, 0.717) is 17.0 Å². The van der Waals surface area contributed by atoms with Gasteiger partial charge in [0.2, 0.25) is 0 Å². The summed E-state index contributed by atoms with van der Waals surface area (Å²) < 4.78 is 13.0. The molecule has 0 aliphatic rings. The van der Waals surface area contributed by atoms with E-state index in [0.717, 1.165) is 0 Å². The Morgan fingerprint density at radius 1 is 1.19 bits per heavy atom. The molecule has 0 saturated carbocycles. The summed E-state index contributed by atoms with van der Waals surface area (Å²) in [6.45, 7) is 4.19. The third kappa shape index (κ3) is 4.24. The number of benzene rings is 2. The van der Waals surface area contributed by atoms with Crippen molar-refractivity contribution in [2.24, 2.45) is 5.10 Å². The van der Waals surface area contributed by atoms with Gasteiger partial charge in [-0.05, 0) is 41.3 Å². The number of nitrogens with zero attached hydrogens (tertiary/aromatic N) is 1. The maximum atomic E-state index is 13.0. The lowest BCUT2D eigenvalue weighted by molar-refractivity contribution is 0.0955. The number of hydrazone groups is 1. The molecule has 0 aliphatic carbocycles. The molecule has 2 rings (SSSR count). The molecule has 0 heterocycles. The van der Waals surface area contributed by atoms with E-state index in [4.69, 9.17) is 0 Å². The van der Waals surface area contributed by atoms with Crippen LogP contribution in [-0.4, -0.2) is 12.1 Å². The molecule has 1 amide bonds. The Morgan fingerprint density at radius 2 is 1.90 bits per heavy atom. The molecule has 21 heavy (non-hydrogen) atoms. The summed E-state index contributed by atoms with van der Waals surface area (Å²) >= 11 is 0. The van der Waals surface area contributed by atoms with Gasteiger partial charge >= 0.3 is 0 Å².